The van der Waals surface area contributed by atoms with E-state index in [4.69, 9.17) is 16.3 Å². The number of nitrogens with one attached hydrogen (secondary N) is 1. The molecule has 2 saturated carbocycles. The summed E-state index contributed by atoms with van der Waals surface area (Å²) in [6.45, 7) is 2.11. The van der Waals surface area contributed by atoms with Crippen molar-refractivity contribution in [1.29, 1.82) is 0 Å². The van der Waals surface area contributed by atoms with Crippen LogP contribution >= 0.6 is 11.6 Å². The fraction of sp³-hybridized carbons (Fsp3) is 1.00. The van der Waals surface area contributed by atoms with E-state index in [1.165, 1.54) is 70.6 Å². The number of rotatable bonds is 4. The van der Waals surface area contributed by atoms with E-state index in [1.54, 1.807) is 0 Å². The summed E-state index contributed by atoms with van der Waals surface area (Å²) in [5.74, 6) is 0.676. The van der Waals surface area contributed by atoms with Gasteiger partial charge in [0.05, 0.1) is 11.7 Å². The molecule has 3 fully saturated rings. The smallest absolute Gasteiger partial charge is 0.0708 e. The summed E-state index contributed by atoms with van der Waals surface area (Å²) in [5, 5.41) is 4.03. The quantitative estimate of drug-likeness (QED) is 0.783. The van der Waals surface area contributed by atoms with Gasteiger partial charge >= 0.3 is 0 Å². The summed E-state index contributed by atoms with van der Waals surface area (Å²) in [6, 6.07) is 0. The number of alkyl halides is 1. The van der Waals surface area contributed by atoms with Crippen LogP contribution in [-0.4, -0.2) is 30.2 Å². The maximum Gasteiger partial charge on any atom is 0.0708 e. The van der Waals surface area contributed by atoms with Gasteiger partial charge in [-0.3, -0.25) is 0 Å². The van der Waals surface area contributed by atoms with Gasteiger partial charge in [0.1, 0.15) is 0 Å². The Balaban J connectivity index is 1.37. The lowest BCUT2D eigenvalue weighted by Crippen LogP contribution is -2.37. The first-order valence-electron chi connectivity index (χ1n) is 8.80. The molecule has 0 radical (unpaired) electrons. The minimum atomic E-state index is 0.268. The van der Waals surface area contributed by atoms with Crippen LogP contribution in [0.2, 0.25) is 0 Å². The molecule has 3 atom stereocenters. The van der Waals surface area contributed by atoms with Gasteiger partial charge in [0.2, 0.25) is 0 Å². The van der Waals surface area contributed by atoms with Crippen molar-refractivity contribution in [3.05, 3.63) is 0 Å². The Bertz CT molecular complexity index is 303. The van der Waals surface area contributed by atoms with E-state index < -0.39 is 0 Å². The number of halogens is 1. The van der Waals surface area contributed by atoms with E-state index in [9.17, 15) is 0 Å². The van der Waals surface area contributed by atoms with Gasteiger partial charge in [-0.15, -0.1) is 11.6 Å². The average Bonchev–Trinajstić information content (AvgIpc) is 2.85. The molecular weight excluding hydrogens is 270 g/mol. The molecule has 1 N–H and O–H groups in total. The number of hydrogen-bond donors (Lipinski definition) is 1. The van der Waals surface area contributed by atoms with Crippen LogP contribution in [0.5, 0.6) is 0 Å². The van der Waals surface area contributed by atoms with Crippen molar-refractivity contribution in [2.45, 2.75) is 87.7 Å². The molecule has 0 aromatic heterocycles. The van der Waals surface area contributed by atoms with Crippen molar-refractivity contribution in [2.24, 2.45) is 5.92 Å². The highest BCUT2D eigenvalue weighted by Crippen LogP contribution is 2.41. The largest absolute Gasteiger partial charge is 0.370 e. The first kappa shape index (κ1) is 15.1. The van der Waals surface area contributed by atoms with Crippen LogP contribution in [-0.2, 0) is 4.74 Å². The van der Waals surface area contributed by atoms with Crippen LogP contribution in [0.15, 0.2) is 0 Å². The third-order valence-electron chi connectivity index (χ3n) is 5.70. The molecule has 3 heteroatoms. The molecule has 2 aliphatic carbocycles. The Morgan fingerprint density at radius 2 is 1.70 bits per heavy atom. The predicted octanol–water partition coefficient (Wildman–Crippen LogP) is 4.26. The summed E-state index contributed by atoms with van der Waals surface area (Å²) in [7, 11) is 0. The minimum Gasteiger partial charge on any atom is -0.370 e. The maximum absolute atomic E-state index is 6.42. The molecule has 2 nitrogen and oxygen atoms in total. The van der Waals surface area contributed by atoms with Crippen LogP contribution in [0.3, 0.4) is 0 Å². The van der Waals surface area contributed by atoms with E-state index in [1.807, 2.05) is 0 Å². The fourth-order valence-corrected chi connectivity index (χ4v) is 4.79. The Hall–Kier alpha value is 0.210. The standard InChI is InChI=1S/C17H30ClNO/c18-16-7-3-2-6-14(16)12-19-13-15-8-11-17(20-15)9-4-1-5-10-17/h14-16,19H,1-13H2. The molecule has 1 saturated heterocycles. The first-order valence-corrected chi connectivity index (χ1v) is 9.24. The van der Waals surface area contributed by atoms with Gasteiger partial charge in [-0.1, -0.05) is 32.1 Å². The van der Waals surface area contributed by atoms with Crippen LogP contribution < -0.4 is 5.32 Å². The van der Waals surface area contributed by atoms with Crippen LogP contribution in [0.25, 0.3) is 0 Å². The Morgan fingerprint density at radius 1 is 0.900 bits per heavy atom. The number of ether oxygens (including phenoxy) is 1. The predicted molar refractivity (Wildman–Crippen MR) is 84.4 cm³/mol. The van der Waals surface area contributed by atoms with Crippen molar-refractivity contribution in [3.63, 3.8) is 0 Å². The lowest BCUT2D eigenvalue weighted by atomic mass is 9.83. The molecule has 116 valence electrons. The zero-order valence-corrected chi connectivity index (χ0v) is 13.5. The highest BCUT2D eigenvalue weighted by atomic mass is 35.5. The molecule has 0 aromatic rings. The normalized spacial score (nSPS) is 37.4. The Kier molecular flexibility index (Phi) is 5.28. The van der Waals surface area contributed by atoms with E-state index in [2.05, 4.69) is 5.32 Å². The molecular formula is C17H30ClNO. The lowest BCUT2D eigenvalue weighted by Gasteiger charge is -2.33. The third-order valence-corrected chi connectivity index (χ3v) is 6.27. The highest BCUT2D eigenvalue weighted by Gasteiger charge is 2.40. The SMILES string of the molecule is ClC1CCCCC1CNCC1CCC2(CCCCC2)O1. The van der Waals surface area contributed by atoms with Crippen molar-refractivity contribution >= 4 is 11.6 Å². The van der Waals surface area contributed by atoms with Crippen LogP contribution in [0.4, 0.5) is 0 Å². The molecule has 0 aromatic carbocycles. The Labute approximate surface area is 129 Å². The molecule has 1 aliphatic heterocycles. The monoisotopic (exact) mass is 299 g/mol. The van der Waals surface area contributed by atoms with Crippen molar-refractivity contribution in [2.75, 3.05) is 13.1 Å². The van der Waals surface area contributed by atoms with E-state index >= 15 is 0 Å². The second kappa shape index (κ2) is 6.98. The van der Waals surface area contributed by atoms with E-state index in [0.29, 0.717) is 17.4 Å². The van der Waals surface area contributed by atoms with Gasteiger partial charge in [-0.2, -0.15) is 0 Å². The maximum atomic E-state index is 6.42. The molecule has 3 unspecified atom stereocenters. The van der Waals surface area contributed by atoms with Crippen LogP contribution in [0.1, 0.15) is 70.6 Å². The zero-order chi connectivity index (χ0) is 13.8. The number of hydrogen-bond acceptors (Lipinski definition) is 2. The molecule has 1 heterocycles. The molecule has 3 rings (SSSR count). The minimum absolute atomic E-state index is 0.268. The Morgan fingerprint density at radius 3 is 2.50 bits per heavy atom. The van der Waals surface area contributed by atoms with Crippen LogP contribution in [0, 0.1) is 5.92 Å². The average molecular weight is 300 g/mol. The second-order valence-corrected chi connectivity index (χ2v) is 7.80. The van der Waals surface area contributed by atoms with Gasteiger partial charge in [-0.05, 0) is 51.0 Å². The van der Waals surface area contributed by atoms with Gasteiger partial charge in [-0.25, -0.2) is 0 Å². The topological polar surface area (TPSA) is 21.3 Å². The van der Waals surface area contributed by atoms with E-state index in [0.717, 1.165) is 13.1 Å². The highest BCUT2D eigenvalue weighted by molar-refractivity contribution is 6.20. The summed E-state index contributed by atoms with van der Waals surface area (Å²) >= 11 is 6.42. The van der Waals surface area contributed by atoms with Gasteiger partial charge < -0.3 is 10.1 Å². The van der Waals surface area contributed by atoms with Crippen molar-refractivity contribution in [3.8, 4) is 0 Å². The molecule has 20 heavy (non-hydrogen) atoms. The second-order valence-electron chi connectivity index (χ2n) is 7.24. The summed E-state index contributed by atoms with van der Waals surface area (Å²) < 4.78 is 6.41. The zero-order valence-electron chi connectivity index (χ0n) is 12.7. The van der Waals surface area contributed by atoms with Gasteiger partial charge in [0.25, 0.3) is 0 Å². The van der Waals surface area contributed by atoms with E-state index in [-0.39, 0.29) is 5.60 Å². The lowest BCUT2D eigenvalue weighted by molar-refractivity contribution is -0.0625. The first-order chi connectivity index (χ1) is 9.77. The summed E-state index contributed by atoms with van der Waals surface area (Å²) in [6.07, 6.45) is 14.9. The molecule has 3 aliphatic rings. The fourth-order valence-electron chi connectivity index (χ4n) is 4.43. The third kappa shape index (κ3) is 3.69. The van der Waals surface area contributed by atoms with Crippen molar-refractivity contribution < 1.29 is 4.74 Å². The molecule has 1 spiro atoms. The van der Waals surface area contributed by atoms with Gasteiger partial charge in [0.15, 0.2) is 0 Å². The molecule has 0 bridgehead atoms. The van der Waals surface area contributed by atoms with Gasteiger partial charge in [0, 0.05) is 11.9 Å². The molecule has 0 amide bonds. The summed E-state index contributed by atoms with van der Waals surface area (Å²) in [4.78, 5) is 0. The summed E-state index contributed by atoms with van der Waals surface area (Å²) in [5.41, 5.74) is 0.268. The van der Waals surface area contributed by atoms with Crippen molar-refractivity contribution in [1.82, 2.24) is 5.32 Å².